The summed E-state index contributed by atoms with van der Waals surface area (Å²) in [6, 6.07) is 1.94. The first kappa shape index (κ1) is 10.9. The van der Waals surface area contributed by atoms with Gasteiger partial charge in [0, 0.05) is 8.45 Å². The zero-order valence-electron chi connectivity index (χ0n) is 7.08. The maximum Gasteiger partial charge on any atom is 0.305 e. The number of thiophene rings is 1. The number of rotatable bonds is 3. The van der Waals surface area contributed by atoms with Crippen LogP contribution in [-0.4, -0.2) is 11.1 Å². The summed E-state index contributed by atoms with van der Waals surface area (Å²) in [6.07, 6.45) is -0.0382. The Kier molecular flexibility index (Phi) is 3.31. The van der Waals surface area contributed by atoms with Crippen molar-refractivity contribution in [2.24, 2.45) is 5.73 Å². The van der Waals surface area contributed by atoms with E-state index in [9.17, 15) is 4.79 Å². The van der Waals surface area contributed by atoms with Gasteiger partial charge < -0.3 is 10.8 Å². The molecule has 1 heterocycles. The summed E-state index contributed by atoms with van der Waals surface area (Å²) in [4.78, 5) is 11.5. The molecule has 1 atom stereocenters. The highest BCUT2D eigenvalue weighted by atomic mass is 127. The highest BCUT2D eigenvalue weighted by Gasteiger charge is 2.27. The molecule has 0 aliphatic rings. The minimum absolute atomic E-state index is 0.0382. The molecule has 0 radical (unpaired) electrons. The molecule has 0 aromatic carbocycles. The second-order valence-electron chi connectivity index (χ2n) is 3.09. The summed E-state index contributed by atoms with van der Waals surface area (Å²) in [5, 5.41) is 10.6. The molecule has 3 N–H and O–H groups in total. The summed E-state index contributed by atoms with van der Waals surface area (Å²) in [7, 11) is 0. The van der Waals surface area contributed by atoms with E-state index in [1.165, 1.54) is 11.3 Å². The van der Waals surface area contributed by atoms with Crippen LogP contribution in [0.3, 0.4) is 0 Å². The molecule has 0 aliphatic carbocycles. The fourth-order valence-electron chi connectivity index (χ4n) is 1.10. The Morgan fingerprint density at radius 2 is 2.46 bits per heavy atom. The van der Waals surface area contributed by atoms with Crippen LogP contribution in [0.2, 0.25) is 0 Å². The average molecular weight is 311 g/mol. The van der Waals surface area contributed by atoms with Gasteiger partial charge in [-0.05, 0) is 41.0 Å². The number of hydrogen-bond acceptors (Lipinski definition) is 3. The summed E-state index contributed by atoms with van der Waals surface area (Å²) in [5.74, 6) is -0.866. The predicted octanol–water partition coefficient (Wildman–Crippen LogP) is 2.00. The largest absolute Gasteiger partial charge is 0.481 e. The Balaban J connectivity index is 2.93. The molecule has 72 valence electrons. The molecule has 0 saturated heterocycles. The molecule has 13 heavy (non-hydrogen) atoms. The Morgan fingerprint density at radius 1 is 1.85 bits per heavy atom. The van der Waals surface area contributed by atoms with Crippen LogP contribution in [-0.2, 0) is 10.3 Å². The molecule has 0 spiro atoms. The van der Waals surface area contributed by atoms with Gasteiger partial charge in [0.25, 0.3) is 0 Å². The maximum absolute atomic E-state index is 10.5. The summed E-state index contributed by atoms with van der Waals surface area (Å²) < 4.78 is 1.04. The minimum Gasteiger partial charge on any atom is -0.481 e. The highest BCUT2D eigenvalue weighted by molar-refractivity contribution is 14.1. The van der Waals surface area contributed by atoms with Gasteiger partial charge in [0.05, 0.1) is 12.0 Å². The first-order valence-electron chi connectivity index (χ1n) is 3.67. The molecule has 3 nitrogen and oxygen atoms in total. The van der Waals surface area contributed by atoms with Crippen molar-refractivity contribution < 1.29 is 9.90 Å². The number of hydrogen-bond donors (Lipinski definition) is 2. The molecule has 0 amide bonds. The topological polar surface area (TPSA) is 63.3 Å². The van der Waals surface area contributed by atoms with Crippen molar-refractivity contribution >= 4 is 39.9 Å². The van der Waals surface area contributed by atoms with E-state index in [2.05, 4.69) is 22.6 Å². The number of nitrogens with two attached hydrogens (primary N) is 1. The van der Waals surface area contributed by atoms with Crippen LogP contribution < -0.4 is 5.73 Å². The number of carboxylic acid groups (broad SMARTS) is 1. The van der Waals surface area contributed by atoms with Gasteiger partial charge in [-0.3, -0.25) is 4.79 Å². The zero-order valence-corrected chi connectivity index (χ0v) is 10.1. The van der Waals surface area contributed by atoms with E-state index in [0.717, 1.165) is 8.45 Å². The van der Waals surface area contributed by atoms with E-state index in [0.29, 0.717) is 0 Å². The second-order valence-corrected chi connectivity index (χ2v) is 5.16. The van der Waals surface area contributed by atoms with Crippen LogP contribution in [0.4, 0.5) is 0 Å². The van der Waals surface area contributed by atoms with Crippen LogP contribution in [0.1, 0.15) is 18.2 Å². The van der Waals surface area contributed by atoms with Crippen molar-refractivity contribution in [2.75, 3.05) is 0 Å². The number of aliphatic carboxylic acids is 1. The quantitative estimate of drug-likeness (QED) is 0.839. The second kappa shape index (κ2) is 3.93. The van der Waals surface area contributed by atoms with Crippen molar-refractivity contribution in [1.82, 2.24) is 0 Å². The van der Waals surface area contributed by atoms with Crippen LogP contribution in [0.5, 0.6) is 0 Å². The SMILES string of the molecule is C[C@@](N)(CC(=O)O)c1sccc1I. The molecular weight excluding hydrogens is 301 g/mol. The van der Waals surface area contributed by atoms with Crippen molar-refractivity contribution in [3.05, 3.63) is 19.9 Å². The molecule has 1 aromatic heterocycles. The van der Waals surface area contributed by atoms with Crippen molar-refractivity contribution in [3.8, 4) is 0 Å². The van der Waals surface area contributed by atoms with Crippen LogP contribution in [0, 0.1) is 3.57 Å². The zero-order chi connectivity index (χ0) is 10.1. The van der Waals surface area contributed by atoms with Gasteiger partial charge >= 0.3 is 5.97 Å². The van der Waals surface area contributed by atoms with Gasteiger partial charge in [0.15, 0.2) is 0 Å². The van der Waals surface area contributed by atoms with Gasteiger partial charge in [-0.1, -0.05) is 0 Å². The van der Waals surface area contributed by atoms with Gasteiger partial charge in [0.1, 0.15) is 0 Å². The molecule has 0 bridgehead atoms. The monoisotopic (exact) mass is 311 g/mol. The molecule has 0 unspecified atom stereocenters. The molecule has 0 fully saturated rings. The van der Waals surface area contributed by atoms with E-state index in [-0.39, 0.29) is 6.42 Å². The fraction of sp³-hybridized carbons (Fsp3) is 0.375. The third-order valence-corrected chi connectivity index (χ3v) is 4.11. The molecule has 1 rings (SSSR count). The average Bonchev–Trinajstić information content (AvgIpc) is 2.32. The van der Waals surface area contributed by atoms with E-state index in [1.54, 1.807) is 6.92 Å². The van der Waals surface area contributed by atoms with Crippen LogP contribution >= 0.6 is 33.9 Å². The third-order valence-electron chi connectivity index (χ3n) is 1.65. The lowest BCUT2D eigenvalue weighted by Gasteiger charge is -2.21. The van der Waals surface area contributed by atoms with Crippen LogP contribution in [0.15, 0.2) is 11.4 Å². The van der Waals surface area contributed by atoms with Crippen molar-refractivity contribution in [1.29, 1.82) is 0 Å². The lowest BCUT2D eigenvalue weighted by atomic mass is 9.97. The molecule has 0 aliphatic heterocycles. The smallest absolute Gasteiger partial charge is 0.305 e. The summed E-state index contributed by atoms with van der Waals surface area (Å²) >= 11 is 3.67. The molecular formula is C8H10INO2S. The number of carbonyl (C=O) groups is 1. The van der Waals surface area contributed by atoms with Gasteiger partial charge in [-0.25, -0.2) is 0 Å². The normalized spacial score (nSPS) is 15.3. The van der Waals surface area contributed by atoms with E-state index in [1.807, 2.05) is 11.4 Å². The Bertz CT molecular complexity index is 322. The van der Waals surface area contributed by atoms with Gasteiger partial charge in [-0.15, -0.1) is 11.3 Å². The first-order chi connectivity index (χ1) is 5.93. The first-order valence-corrected chi connectivity index (χ1v) is 5.63. The molecule has 1 aromatic rings. The Morgan fingerprint density at radius 3 is 2.85 bits per heavy atom. The minimum atomic E-state index is -0.866. The van der Waals surface area contributed by atoms with Crippen molar-refractivity contribution in [3.63, 3.8) is 0 Å². The highest BCUT2D eigenvalue weighted by Crippen LogP contribution is 2.30. The number of carboxylic acids is 1. The molecule has 0 saturated carbocycles. The maximum atomic E-state index is 10.5. The van der Waals surface area contributed by atoms with Gasteiger partial charge in [-0.2, -0.15) is 0 Å². The lowest BCUT2D eigenvalue weighted by Crippen LogP contribution is -2.35. The third kappa shape index (κ3) is 2.65. The van der Waals surface area contributed by atoms with E-state index >= 15 is 0 Å². The standard InChI is InChI=1S/C8H10INO2S/c1-8(10,4-6(11)12)7-5(9)2-3-13-7/h2-3H,4,10H2,1H3,(H,11,12)/t8-/m1/s1. The van der Waals surface area contributed by atoms with Crippen molar-refractivity contribution in [2.45, 2.75) is 18.9 Å². The summed E-state index contributed by atoms with van der Waals surface area (Å²) in [6.45, 7) is 1.75. The van der Waals surface area contributed by atoms with E-state index < -0.39 is 11.5 Å². The van der Waals surface area contributed by atoms with Crippen LogP contribution in [0.25, 0.3) is 0 Å². The predicted molar refractivity (Wildman–Crippen MR) is 60.8 cm³/mol. The molecule has 5 heteroatoms. The summed E-state index contributed by atoms with van der Waals surface area (Å²) in [5.41, 5.74) is 5.16. The Hall–Kier alpha value is -0.140. The Labute approximate surface area is 94.1 Å². The number of halogens is 1. The van der Waals surface area contributed by atoms with E-state index in [4.69, 9.17) is 10.8 Å². The van der Waals surface area contributed by atoms with Gasteiger partial charge in [0.2, 0.25) is 0 Å². The lowest BCUT2D eigenvalue weighted by molar-refractivity contribution is -0.138. The fourth-order valence-corrected chi connectivity index (χ4v) is 3.38.